The van der Waals surface area contributed by atoms with E-state index in [1.807, 2.05) is 24.3 Å². The molecule has 0 radical (unpaired) electrons. The number of alkyl carbamates (subject to hydrolysis) is 1. The smallest absolute Gasteiger partial charge is 0.407 e. The van der Waals surface area contributed by atoms with Crippen LogP contribution in [0.2, 0.25) is 0 Å². The van der Waals surface area contributed by atoms with Gasteiger partial charge in [-0.25, -0.2) is 4.79 Å². The molecule has 1 fully saturated rings. The van der Waals surface area contributed by atoms with Crippen LogP contribution >= 0.6 is 0 Å². The quantitative estimate of drug-likeness (QED) is 0.834. The Morgan fingerprint density at radius 1 is 1.00 bits per heavy atom. The summed E-state index contributed by atoms with van der Waals surface area (Å²) in [6.07, 6.45) is 2.10. The minimum Gasteiger partial charge on any atom is -0.481 e. The summed E-state index contributed by atoms with van der Waals surface area (Å²) in [5.74, 6) is -0.588. The van der Waals surface area contributed by atoms with Crippen molar-refractivity contribution in [1.82, 2.24) is 5.32 Å². The van der Waals surface area contributed by atoms with Crippen molar-refractivity contribution in [2.75, 3.05) is 6.61 Å². The van der Waals surface area contributed by atoms with E-state index in [4.69, 9.17) is 9.84 Å². The van der Waals surface area contributed by atoms with E-state index < -0.39 is 12.1 Å². The van der Waals surface area contributed by atoms with Gasteiger partial charge < -0.3 is 15.2 Å². The van der Waals surface area contributed by atoms with Crippen molar-refractivity contribution in [2.24, 2.45) is 5.92 Å². The van der Waals surface area contributed by atoms with E-state index in [9.17, 15) is 9.59 Å². The number of carbonyl (C=O) groups excluding carboxylic acids is 1. The summed E-state index contributed by atoms with van der Waals surface area (Å²) < 4.78 is 5.55. The third-order valence-electron chi connectivity index (χ3n) is 5.67. The topological polar surface area (TPSA) is 75.6 Å². The first-order valence-corrected chi connectivity index (χ1v) is 9.45. The number of fused-ring (bicyclic) bond motifs is 3. The van der Waals surface area contributed by atoms with E-state index in [-0.39, 0.29) is 24.3 Å². The molecule has 4 rings (SSSR count). The SMILES string of the molecule is O=C(O)CC1CCC(NC(=O)OCC2c3ccccc3-c3ccccc32)C1. The standard InChI is InChI=1S/C22H23NO4/c24-21(25)12-14-9-10-15(11-14)23-22(26)27-13-20-18-7-3-1-5-16(18)17-6-2-4-8-19(17)20/h1-8,14-15,20H,9-13H2,(H,23,26)(H,24,25). The molecule has 2 aromatic rings. The molecule has 27 heavy (non-hydrogen) atoms. The van der Waals surface area contributed by atoms with Crippen LogP contribution < -0.4 is 5.32 Å². The molecule has 0 bridgehead atoms. The van der Waals surface area contributed by atoms with Crippen LogP contribution in [0.15, 0.2) is 48.5 Å². The highest BCUT2D eigenvalue weighted by molar-refractivity contribution is 5.79. The summed E-state index contributed by atoms with van der Waals surface area (Å²) in [6, 6.07) is 16.5. The fraction of sp³-hybridized carbons (Fsp3) is 0.364. The second kappa shape index (κ2) is 7.43. The van der Waals surface area contributed by atoms with Crippen LogP contribution in [0, 0.1) is 5.92 Å². The van der Waals surface area contributed by atoms with Crippen LogP contribution in [0.3, 0.4) is 0 Å². The number of amides is 1. The molecule has 2 aromatic carbocycles. The highest BCUT2D eigenvalue weighted by atomic mass is 16.5. The molecule has 5 heteroatoms. The average molecular weight is 365 g/mol. The first-order valence-electron chi connectivity index (χ1n) is 9.45. The van der Waals surface area contributed by atoms with Crippen LogP contribution in [0.1, 0.15) is 42.7 Å². The average Bonchev–Trinajstić information content (AvgIpc) is 3.21. The summed E-state index contributed by atoms with van der Waals surface area (Å²) in [7, 11) is 0. The third-order valence-corrected chi connectivity index (χ3v) is 5.67. The van der Waals surface area contributed by atoms with Gasteiger partial charge in [-0.2, -0.15) is 0 Å². The van der Waals surface area contributed by atoms with Crippen molar-refractivity contribution in [2.45, 2.75) is 37.6 Å². The Kier molecular flexibility index (Phi) is 4.84. The van der Waals surface area contributed by atoms with Gasteiger partial charge in [0.15, 0.2) is 0 Å². The number of benzene rings is 2. The number of ether oxygens (including phenoxy) is 1. The van der Waals surface area contributed by atoms with Crippen LogP contribution in [0.4, 0.5) is 4.79 Å². The van der Waals surface area contributed by atoms with Gasteiger partial charge in [0.2, 0.25) is 0 Å². The van der Waals surface area contributed by atoms with Crippen molar-refractivity contribution in [3.63, 3.8) is 0 Å². The van der Waals surface area contributed by atoms with Crippen LogP contribution in [-0.4, -0.2) is 29.8 Å². The number of carbonyl (C=O) groups is 2. The van der Waals surface area contributed by atoms with Gasteiger partial charge in [-0.3, -0.25) is 4.79 Å². The predicted octanol–water partition coefficient (Wildman–Crippen LogP) is 4.17. The Balaban J connectivity index is 1.37. The zero-order valence-electron chi connectivity index (χ0n) is 15.1. The maximum atomic E-state index is 12.3. The van der Waals surface area contributed by atoms with Crippen molar-refractivity contribution < 1.29 is 19.4 Å². The Bertz CT molecular complexity index is 817. The van der Waals surface area contributed by atoms with Crippen molar-refractivity contribution in [3.8, 4) is 11.1 Å². The number of carboxylic acid groups (broad SMARTS) is 1. The molecular formula is C22H23NO4. The fourth-order valence-corrected chi connectivity index (χ4v) is 4.45. The number of carboxylic acids is 1. The number of hydrogen-bond donors (Lipinski definition) is 2. The lowest BCUT2D eigenvalue weighted by atomic mass is 9.98. The van der Waals surface area contributed by atoms with E-state index in [2.05, 4.69) is 29.6 Å². The maximum absolute atomic E-state index is 12.3. The Morgan fingerprint density at radius 2 is 1.63 bits per heavy atom. The Labute approximate surface area is 158 Å². The van der Waals surface area contributed by atoms with E-state index in [1.165, 1.54) is 22.3 Å². The highest BCUT2D eigenvalue weighted by Gasteiger charge is 2.30. The summed E-state index contributed by atoms with van der Waals surface area (Å²) in [5.41, 5.74) is 4.78. The third kappa shape index (κ3) is 3.68. The lowest BCUT2D eigenvalue weighted by Crippen LogP contribution is -2.34. The maximum Gasteiger partial charge on any atom is 0.407 e. The number of nitrogens with one attached hydrogen (secondary N) is 1. The second-order valence-corrected chi connectivity index (χ2v) is 7.44. The number of aliphatic carboxylic acids is 1. The Morgan fingerprint density at radius 3 is 2.26 bits per heavy atom. The van der Waals surface area contributed by atoms with E-state index in [0.29, 0.717) is 13.0 Å². The molecule has 0 heterocycles. The molecule has 0 aromatic heterocycles. The van der Waals surface area contributed by atoms with Gasteiger partial charge in [0, 0.05) is 18.4 Å². The molecule has 0 aliphatic heterocycles. The number of rotatable bonds is 5. The summed E-state index contributed by atoms with van der Waals surface area (Å²) in [4.78, 5) is 23.1. The molecular weight excluding hydrogens is 342 g/mol. The van der Waals surface area contributed by atoms with Gasteiger partial charge >= 0.3 is 12.1 Å². The molecule has 140 valence electrons. The molecule has 0 saturated heterocycles. The monoisotopic (exact) mass is 365 g/mol. The molecule has 2 N–H and O–H groups in total. The first-order chi connectivity index (χ1) is 13.1. The lowest BCUT2D eigenvalue weighted by Gasteiger charge is -2.17. The van der Waals surface area contributed by atoms with Crippen molar-refractivity contribution in [1.29, 1.82) is 0 Å². The summed E-state index contributed by atoms with van der Waals surface area (Å²) in [6.45, 7) is 0.297. The molecule has 2 atom stereocenters. The van der Waals surface area contributed by atoms with Crippen molar-refractivity contribution >= 4 is 12.1 Å². The van der Waals surface area contributed by atoms with Gasteiger partial charge in [0.1, 0.15) is 6.61 Å². The zero-order valence-corrected chi connectivity index (χ0v) is 15.1. The van der Waals surface area contributed by atoms with Gasteiger partial charge in [0.05, 0.1) is 0 Å². The number of hydrogen-bond acceptors (Lipinski definition) is 3. The van der Waals surface area contributed by atoms with Gasteiger partial charge in [-0.05, 0) is 47.4 Å². The molecule has 2 unspecified atom stereocenters. The van der Waals surface area contributed by atoms with E-state index >= 15 is 0 Å². The fourth-order valence-electron chi connectivity index (χ4n) is 4.45. The van der Waals surface area contributed by atoms with Crippen LogP contribution in [-0.2, 0) is 9.53 Å². The largest absolute Gasteiger partial charge is 0.481 e. The predicted molar refractivity (Wildman–Crippen MR) is 102 cm³/mol. The normalized spacial score (nSPS) is 20.7. The minimum absolute atomic E-state index is 0.00463. The molecule has 1 saturated carbocycles. The molecule has 2 aliphatic rings. The highest BCUT2D eigenvalue weighted by Crippen LogP contribution is 2.44. The second-order valence-electron chi connectivity index (χ2n) is 7.44. The van der Waals surface area contributed by atoms with Crippen LogP contribution in [0.25, 0.3) is 11.1 Å². The van der Waals surface area contributed by atoms with Crippen LogP contribution in [0.5, 0.6) is 0 Å². The molecule has 2 aliphatic carbocycles. The molecule has 5 nitrogen and oxygen atoms in total. The van der Waals surface area contributed by atoms with E-state index in [0.717, 1.165) is 12.8 Å². The van der Waals surface area contributed by atoms with E-state index in [1.54, 1.807) is 0 Å². The zero-order chi connectivity index (χ0) is 18.8. The lowest BCUT2D eigenvalue weighted by molar-refractivity contribution is -0.138. The minimum atomic E-state index is -0.776. The molecule has 0 spiro atoms. The molecule has 1 amide bonds. The van der Waals surface area contributed by atoms with Gasteiger partial charge in [0.25, 0.3) is 0 Å². The summed E-state index contributed by atoms with van der Waals surface area (Å²) >= 11 is 0. The van der Waals surface area contributed by atoms with Gasteiger partial charge in [-0.1, -0.05) is 48.5 Å². The summed E-state index contributed by atoms with van der Waals surface area (Å²) in [5, 5.41) is 11.8. The first kappa shape index (κ1) is 17.6. The van der Waals surface area contributed by atoms with Gasteiger partial charge in [-0.15, -0.1) is 0 Å². The van der Waals surface area contributed by atoms with Crippen molar-refractivity contribution in [3.05, 3.63) is 59.7 Å². The Hall–Kier alpha value is -2.82.